The van der Waals surface area contributed by atoms with Crippen molar-refractivity contribution in [2.75, 3.05) is 45.2 Å². The van der Waals surface area contributed by atoms with Crippen molar-refractivity contribution in [3.63, 3.8) is 0 Å². The van der Waals surface area contributed by atoms with Crippen LogP contribution < -0.4 is 15.5 Å². The summed E-state index contributed by atoms with van der Waals surface area (Å²) in [4.78, 5) is 24.8. The normalized spacial score (nSPS) is 22.4. The maximum atomic E-state index is 12.0. The highest BCUT2D eigenvalue weighted by Gasteiger charge is 2.24. The summed E-state index contributed by atoms with van der Waals surface area (Å²) in [5.74, 6) is 2.07. The first-order chi connectivity index (χ1) is 14.5. The van der Waals surface area contributed by atoms with Gasteiger partial charge in [0.15, 0.2) is 5.96 Å². The van der Waals surface area contributed by atoms with Gasteiger partial charge in [-0.05, 0) is 49.7 Å². The lowest BCUT2D eigenvalue weighted by Crippen LogP contribution is -2.49. The lowest BCUT2D eigenvalue weighted by atomic mass is 9.86. The molecule has 0 aromatic carbocycles. The number of anilines is 1. The van der Waals surface area contributed by atoms with Crippen molar-refractivity contribution in [1.29, 1.82) is 0 Å². The van der Waals surface area contributed by atoms with Crippen molar-refractivity contribution in [2.45, 2.75) is 51.5 Å². The first-order valence-corrected chi connectivity index (χ1v) is 11.4. The summed E-state index contributed by atoms with van der Waals surface area (Å²) in [6.45, 7) is 5.52. The summed E-state index contributed by atoms with van der Waals surface area (Å²) < 4.78 is 0. The first kappa shape index (κ1) is 25.7. The highest BCUT2D eigenvalue weighted by atomic mass is 127. The van der Waals surface area contributed by atoms with Crippen molar-refractivity contribution in [2.24, 2.45) is 16.8 Å². The molecule has 1 aliphatic carbocycles. The zero-order chi connectivity index (χ0) is 21.3. The van der Waals surface area contributed by atoms with E-state index < -0.39 is 0 Å². The van der Waals surface area contributed by atoms with E-state index in [4.69, 9.17) is 0 Å². The van der Waals surface area contributed by atoms with Crippen molar-refractivity contribution in [3.05, 3.63) is 24.5 Å². The minimum Gasteiger partial charge on any atom is -0.371 e. The highest BCUT2D eigenvalue weighted by molar-refractivity contribution is 14.0. The van der Waals surface area contributed by atoms with Crippen LogP contribution in [0.2, 0.25) is 0 Å². The molecule has 3 rings (SSSR count). The topological polar surface area (TPSA) is 72.9 Å². The second kappa shape index (κ2) is 13.1. The molecule has 2 N–H and O–H groups in total. The second-order valence-electron chi connectivity index (χ2n) is 8.98. The monoisotopic (exact) mass is 542 g/mol. The largest absolute Gasteiger partial charge is 0.371 e. The molecule has 31 heavy (non-hydrogen) atoms. The zero-order valence-electron chi connectivity index (χ0n) is 19.2. The third-order valence-corrected chi connectivity index (χ3v) is 6.51. The second-order valence-corrected chi connectivity index (χ2v) is 8.98. The van der Waals surface area contributed by atoms with Gasteiger partial charge in [0.2, 0.25) is 5.91 Å². The molecule has 1 aliphatic heterocycles. The fourth-order valence-electron chi connectivity index (χ4n) is 4.34. The number of nitrogens with one attached hydrogen (secondary N) is 2. The molecule has 1 aromatic rings. The van der Waals surface area contributed by atoms with Gasteiger partial charge in [0, 0.05) is 57.9 Å². The van der Waals surface area contributed by atoms with Crippen molar-refractivity contribution >= 4 is 41.5 Å². The molecular formula is C23H39IN6O. The molecule has 2 heterocycles. The molecule has 7 nitrogen and oxygen atoms in total. The summed E-state index contributed by atoms with van der Waals surface area (Å²) in [5, 5.41) is 7.17. The van der Waals surface area contributed by atoms with Gasteiger partial charge in [-0.1, -0.05) is 19.8 Å². The molecule has 174 valence electrons. The van der Waals surface area contributed by atoms with Crippen LogP contribution in [0.4, 0.5) is 5.69 Å². The minimum absolute atomic E-state index is 0. The number of hydrogen-bond acceptors (Lipinski definition) is 4. The number of hydrogen-bond donors (Lipinski definition) is 2. The predicted molar refractivity (Wildman–Crippen MR) is 138 cm³/mol. The van der Waals surface area contributed by atoms with Crippen LogP contribution in [0.3, 0.4) is 0 Å². The van der Waals surface area contributed by atoms with E-state index in [9.17, 15) is 4.79 Å². The minimum atomic E-state index is 0. The molecule has 2 fully saturated rings. The number of halogens is 1. The van der Waals surface area contributed by atoms with Gasteiger partial charge in [0.1, 0.15) is 6.54 Å². The van der Waals surface area contributed by atoms with E-state index in [-0.39, 0.29) is 36.4 Å². The van der Waals surface area contributed by atoms with Crippen LogP contribution in [-0.4, -0.2) is 68.1 Å². The number of carbonyl (C=O) groups excluding carboxylic acids is 1. The fraction of sp³-hybridized carbons (Fsp3) is 0.696. The molecule has 1 aromatic heterocycles. The van der Waals surface area contributed by atoms with Gasteiger partial charge in [-0.25, -0.2) is 4.99 Å². The van der Waals surface area contributed by atoms with Gasteiger partial charge in [-0.3, -0.25) is 9.78 Å². The molecule has 1 saturated carbocycles. The molecule has 0 radical (unpaired) electrons. The van der Waals surface area contributed by atoms with Crippen LogP contribution in [0.25, 0.3) is 0 Å². The number of nitrogens with zero attached hydrogens (tertiary/aromatic N) is 4. The molecule has 0 bridgehead atoms. The van der Waals surface area contributed by atoms with E-state index in [0.29, 0.717) is 17.9 Å². The van der Waals surface area contributed by atoms with Gasteiger partial charge >= 0.3 is 0 Å². The number of aromatic nitrogens is 1. The summed E-state index contributed by atoms with van der Waals surface area (Å²) in [5.41, 5.74) is 1.26. The van der Waals surface area contributed by atoms with E-state index in [1.807, 2.05) is 12.4 Å². The quantitative estimate of drug-likeness (QED) is 0.329. The summed E-state index contributed by atoms with van der Waals surface area (Å²) in [6.07, 6.45) is 11.0. The van der Waals surface area contributed by atoms with E-state index in [2.05, 4.69) is 44.6 Å². The van der Waals surface area contributed by atoms with Crippen LogP contribution in [0.5, 0.6) is 0 Å². The number of aliphatic imine (C=N–C) groups is 1. The molecule has 1 amide bonds. The zero-order valence-corrected chi connectivity index (χ0v) is 21.5. The maximum Gasteiger partial charge on any atom is 0.243 e. The van der Waals surface area contributed by atoms with Crippen molar-refractivity contribution < 1.29 is 4.79 Å². The summed E-state index contributed by atoms with van der Waals surface area (Å²) >= 11 is 0. The maximum absolute atomic E-state index is 12.0. The van der Waals surface area contributed by atoms with E-state index in [1.165, 1.54) is 31.4 Å². The van der Waals surface area contributed by atoms with Crippen LogP contribution >= 0.6 is 24.0 Å². The van der Waals surface area contributed by atoms with E-state index >= 15 is 0 Å². The Labute approximate surface area is 204 Å². The van der Waals surface area contributed by atoms with Crippen LogP contribution in [-0.2, 0) is 4.79 Å². The molecule has 8 heteroatoms. The average molecular weight is 543 g/mol. The van der Waals surface area contributed by atoms with E-state index in [1.54, 1.807) is 19.0 Å². The number of guanidine groups is 1. The Morgan fingerprint density at radius 3 is 2.48 bits per heavy atom. The number of pyridine rings is 1. The highest BCUT2D eigenvalue weighted by Crippen LogP contribution is 2.24. The third-order valence-electron chi connectivity index (χ3n) is 6.51. The Hall–Kier alpha value is -1.58. The molecule has 2 unspecified atom stereocenters. The van der Waals surface area contributed by atoms with Crippen molar-refractivity contribution in [3.8, 4) is 0 Å². The predicted octanol–water partition coefficient (Wildman–Crippen LogP) is 3.12. The number of carbonyl (C=O) groups is 1. The smallest absolute Gasteiger partial charge is 0.243 e. The molecule has 2 atom stereocenters. The third kappa shape index (κ3) is 8.12. The van der Waals surface area contributed by atoms with Crippen molar-refractivity contribution in [1.82, 2.24) is 20.5 Å². The molecular weight excluding hydrogens is 503 g/mol. The Bertz CT molecular complexity index is 691. The van der Waals surface area contributed by atoms with Crippen LogP contribution in [0.15, 0.2) is 29.5 Å². The Kier molecular flexibility index (Phi) is 10.8. The number of likely N-dealkylation sites (N-methyl/N-ethyl adjacent to an activating group) is 1. The summed E-state index contributed by atoms with van der Waals surface area (Å²) in [7, 11) is 3.55. The van der Waals surface area contributed by atoms with Crippen LogP contribution in [0, 0.1) is 11.8 Å². The van der Waals surface area contributed by atoms with Crippen LogP contribution in [0.1, 0.15) is 45.4 Å². The molecule has 0 spiro atoms. The fourth-order valence-corrected chi connectivity index (χ4v) is 4.34. The van der Waals surface area contributed by atoms with Gasteiger partial charge < -0.3 is 20.4 Å². The van der Waals surface area contributed by atoms with Gasteiger partial charge in [0.05, 0.1) is 0 Å². The van der Waals surface area contributed by atoms with Gasteiger partial charge in [0.25, 0.3) is 0 Å². The number of amides is 1. The first-order valence-electron chi connectivity index (χ1n) is 11.4. The molecule has 2 aliphatic rings. The van der Waals surface area contributed by atoms with Gasteiger partial charge in [-0.15, -0.1) is 24.0 Å². The average Bonchev–Trinajstić information content (AvgIpc) is 2.77. The standard InChI is InChI=1S/C23H38N6O.HI/c1-18-6-4-5-7-21(18)27-23(26-17-22(30)28(2)3)25-16-19-10-14-29(15-11-19)20-8-12-24-13-9-20;/h8-9,12-13,18-19,21H,4-7,10-11,14-17H2,1-3H3,(H2,25,26,27);1H. The Morgan fingerprint density at radius 1 is 1.16 bits per heavy atom. The summed E-state index contributed by atoms with van der Waals surface area (Å²) in [6, 6.07) is 4.61. The van der Waals surface area contributed by atoms with E-state index in [0.717, 1.165) is 38.4 Å². The lowest BCUT2D eigenvalue weighted by Gasteiger charge is -2.34. The SMILES string of the molecule is CC1CCCCC1NC(=NCC(=O)N(C)C)NCC1CCN(c2ccncc2)CC1.I. The lowest BCUT2D eigenvalue weighted by molar-refractivity contribution is -0.127. The number of piperidine rings is 1. The Balaban J connectivity index is 0.00000341. The van der Waals surface area contributed by atoms with Gasteiger partial charge in [-0.2, -0.15) is 0 Å². The molecule has 1 saturated heterocycles. The Morgan fingerprint density at radius 2 is 1.84 bits per heavy atom. The number of rotatable bonds is 6.